The number of amides is 1. The minimum absolute atomic E-state index is 0.0962. The summed E-state index contributed by atoms with van der Waals surface area (Å²) in [5, 5.41) is 2.39. The van der Waals surface area contributed by atoms with Crippen molar-refractivity contribution >= 4 is 11.7 Å². The Morgan fingerprint density at radius 1 is 1.23 bits per heavy atom. The van der Waals surface area contributed by atoms with Gasteiger partial charge < -0.3 is 14.8 Å². The molecule has 1 aliphatic heterocycles. The number of benzene rings is 1. The molecule has 9 heteroatoms. The third kappa shape index (κ3) is 3.42. The van der Waals surface area contributed by atoms with E-state index in [9.17, 15) is 18.0 Å². The molecule has 1 amide bonds. The van der Waals surface area contributed by atoms with Gasteiger partial charge in [-0.05, 0) is 6.07 Å². The van der Waals surface area contributed by atoms with Crippen molar-refractivity contribution in [1.29, 1.82) is 0 Å². The van der Waals surface area contributed by atoms with Gasteiger partial charge in [0.15, 0.2) is 0 Å². The number of anilines is 1. The van der Waals surface area contributed by atoms with Gasteiger partial charge in [-0.2, -0.15) is 13.2 Å². The van der Waals surface area contributed by atoms with E-state index in [1.54, 1.807) is 18.2 Å². The van der Waals surface area contributed by atoms with Gasteiger partial charge >= 0.3 is 6.18 Å². The number of methoxy groups -OCH3 is 2. The van der Waals surface area contributed by atoms with Gasteiger partial charge in [-0.25, -0.2) is 9.97 Å². The zero-order chi connectivity index (χ0) is 18.9. The second kappa shape index (κ2) is 6.81. The first kappa shape index (κ1) is 18.0. The van der Waals surface area contributed by atoms with Crippen molar-refractivity contribution in [1.82, 2.24) is 9.97 Å². The Morgan fingerprint density at radius 3 is 2.65 bits per heavy atom. The Morgan fingerprint density at radius 2 is 2.00 bits per heavy atom. The van der Waals surface area contributed by atoms with Crippen LogP contribution in [0.15, 0.2) is 24.5 Å². The first-order valence-corrected chi connectivity index (χ1v) is 7.74. The van der Waals surface area contributed by atoms with E-state index in [2.05, 4.69) is 15.3 Å². The third-order valence-corrected chi connectivity index (χ3v) is 4.21. The number of carbonyl (C=O) groups excluding carboxylic acids is 1. The van der Waals surface area contributed by atoms with Crippen LogP contribution in [0.5, 0.6) is 11.5 Å². The SMILES string of the molecule is COc1ccc(Cc2ncnc3c2C(C(F)(F)F)CC(=O)N3)c(OC)c1. The molecule has 138 valence electrons. The summed E-state index contributed by atoms with van der Waals surface area (Å²) in [5.74, 6) is -1.71. The van der Waals surface area contributed by atoms with Crippen LogP contribution in [0.1, 0.15) is 29.2 Å². The van der Waals surface area contributed by atoms with Gasteiger partial charge in [-0.3, -0.25) is 4.79 Å². The molecule has 1 unspecified atom stereocenters. The molecule has 0 fully saturated rings. The predicted octanol–water partition coefficient (Wildman–Crippen LogP) is 3.07. The zero-order valence-corrected chi connectivity index (χ0v) is 14.1. The van der Waals surface area contributed by atoms with Crippen molar-refractivity contribution in [2.75, 3.05) is 19.5 Å². The Kier molecular flexibility index (Phi) is 4.71. The van der Waals surface area contributed by atoms with E-state index in [-0.39, 0.29) is 23.5 Å². The minimum atomic E-state index is -4.57. The van der Waals surface area contributed by atoms with Crippen molar-refractivity contribution in [3.8, 4) is 11.5 Å². The van der Waals surface area contributed by atoms with Crippen LogP contribution in [0.25, 0.3) is 0 Å². The van der Waals surface area contributed by atoms with Crippen molar-refractivity contribution in [3.05, 3.63) is 41.3 Å². The summed E-state index contributed by atoms with van der Waals surface area (Å²) >= 11 is 0. The van der Waals surface area contributed by atoms with E-state index in [1.807, 2.05) is 0 Å². The van der Waals surface area contributed by atoms with Crippen LogP contribution in [-0.2, 0) is 11.2 Å². The summed E-state index contributed by atoms with van der Waals surface area (Å²) < 4.78 is 50.9. The summed E-state index contributed by atoms with van der Waals surface area (Å²) in [5.41, 5.74) is 0.741. The molecule has 1 aromatic carbocycles. The highest BCUT2D eigenvalue weighted by Crippen LogP contribution is 2.44. The van der Waals surface area contributed by atoms with Crippen LogP contribution in [0.4, 0.5) is 19.0 Å². The second-order valence-electron chi connectivity index (χ2n) is 5.78. The normalized spacial score (nSPS) is 16.7. The Balaban J connectivity index is 2.05. The molecular formula is C17H16F3N3O3. The maximum absolute atomic E-state index is 13.5. The van der Waals surface area contributed by atoms with Gasteiger partial charge in [0.2, 0.25) is 5.91 Å². The number of hydrogen-bond donors (Lipinski definition) is 1. The molecule has 3 rings (SSSR count). The summed E-state index contributed by atoms with van der Waals surface area (Å²) in [7, 11) is 2.97. The van der Waals surface area contributed by atoms with E-state index < -0.39 is 24.4 Å². The van der Waals surface area contributed by atoms with E-state index in [0.717, 1.165) is 6.33 Å². The third-order valence-electron chi connectivity index (χ3n) is 4.21. The van der Waals surface area contributed by atoms with E-state index >= 15 is 0 Å². The molecule has 6 nitrogen and oxygen atoms in total. The van der Waals surface area contributed by atoms with Crippen molar-refractivity contribution in [2.45, 2.75) is 24.9 Å². The van der Waals surface area contributed by atoms with Crippen LogP contribution in [0, 0.1) is 0 Å². The molecule has 1 atom stereocenters. The minimum Gasteiger partial charge on any atom is -0.497 e. The molecule has 2 aromatic rings. The lowest BCUT2D eigenvalue weighted by Crippen LogP contribution is -2.33. The summed E-state index contributed by atoms with van der Waals surface area (Å²) in [4.78, 5) is 19.5. The van der Waals surface area contributed by atoms with Gasteiger partial charge in [0.25, 0.3) is 0 Å². The van der Waals surface area contributed by atoms with Gasteiger partial charge in [0, 0.05) is 30.0 Å². The molecule has 0 aliphatic carbocycles. The maximum Gasteiger partial charge on any atom is 0.396 e. The number of nitrogens with zero attached hydrogens (tertiary/aromatic N) is 2. The average Bonchev–Trinajstić information content (AvgIpc) is 2.60. The van der Waals surface area contributed by atoms with Gasteiger partial charge in [0.05, 0.1) is 25.8 Å². The molecule has 0 bridgehead atoms. The fraction of sp³-hybridized carbons (Fsp3) is 0.353. The van der Waals surface area contributed by atoms with Crippen LogP contribution >= 0.6 is 0 Å². The van der Waals surface area contributed by atoms with Gasteiger partial charge in [0.1, 0.15) is 23.6 Å². The first-order chi connectivity index (χ1) is 12.3. The predicted molar refractivity (Wildman–Crippen MR) is 86.4 cm³/mol. The van der Waals surface area contributed by atoms with Crippen LogP contribution in [-0.4, -0.2) is 36.3 Å². The first-order valence-electron chi connectivity index (χ1n) is 7.74. The molecule has 2 heterocycles. The number of ether oxygens (including phenoxy) is 2. The molecule has 0 spiro atoms. The molecule has 0 radical (unpaired) electrons. The Hall–Kier alpha value is -2.84. The van der Waals surface area contributed by atoms with Crippen LogP contribution < -0.4 is 14.8 Å². The number of carbonyl (C=O) groups is 1. The lowest BCUT2D eigenvalue weighted by atomic mass is 9.88. The van der Waals surface area contributed by atoms with E-state index in [1.165, 1.54) is 14.2 Å². The second-order valence-corrected chi connectivity index (χ2v) is 5.78. The fourth-order valence-corrected chi connectivity index (χ4v) is 2.97. The summed E-state index contributed by atoms with van der Waals surface area (Å²) in [6.45, 7) is 0. The molecule has 0 saturated heterocycles. The molecule has 1 aliphatic rings. The quantitative estimate of drug-likeness (QED) is 0.899. The number of fused-ring (bicyclic) bond motifs is 1. The monoisotopic (exact) mass is 367 g/mol. The number of rotatable bonds is 4. The Bertz CT molecular complexity index is 840. The molecule has 1 N–H and O–H groups in total. The number of halogens is 3. The standard InChI is InChI=1S/C17H16F3N3O3/c1-25-10-4-3-9(13(6-10)26-2)5-12-15-11(17(18,19)20)7-14(24)23-16(15)22-8-21-12/h3-4,6,8,11H,5,7H2,1-2H3,(H,21,22,23,24). The zero-order valence-electron chi connectivity index (χ0n) is 14.1. The lowest BCUT2D eigenvalue weighted by Gasteiger charge is -2.28. The highest BCUT2D eigenvalue weighted by Gasteiger charge is 2.47. The highest BCUT2D eigenvalue weighted by atomic mass is 19.4. The van der Waals surface area contributed by atoms with Crippen molar-refractivity contribution in [3.63, 3.8) is 0 Å². The van der Waals surface area contributed by atoms with E-state index in [0.29, 0.717) is 17.1 Å². The smallest absolute Gasteiger partial charge is 0.396 e. The van der Waals surface area contributed by atoms with Crippen molar-refractivity contribution < 1.29 is 27.4 Å². The van der Waals surface area contributed by atoms with Crippen LogP contribution in [0.2, 0.25) is 0 Å². The van der Waals surface area contributed by atoms with Gasteiger partial charge in [-0.1, -0.05) is 6.07 Å². The summed E-state index contributed by atoms with van der Waals surface area (Å²) in [6, 6.07) is 5.04. The summed E-state index contributed by atoms with van der Waals surface area (Å²) in [6.07, 6.45) is -4.02. The largest absolute Gasteiger partial charge is 0.497 e. The van der Waals surface area contributed by atoms with Crippen molar-refractivity contribution in [2.24, 2.45) is 0 Å². The topological polar surface area (TPSA) is 73.3 Å². The van der Waals surface area contributed by atoms with Gasteiger partial charge in [-0.15, -0.1) is 0 Å². The number of nitrogens with one attached hydrogen (secondary N) is 1. The number of alkyl halides is 3. The molecule has 1 aromatic heterocycles. The van der Waals surface area contributed by atoms with E-state index in [4.69, 9.17) is 9.47 Å². The number of hydrogen-bond acceptors (Lipinski definition) is 5. The molecule has 26 heavy (non-hydrogen) atoms. The average molecular weight is 367 g/mol. The Labute approximate surface area is 147 Å². The van der Waals surface area contributed by atoms with Crippen LogP contribution in [0.3, 0.4) is 0 Å². The highest BCUT2D eigenvalue weighted by molar-refractivity contribution is 5.93. The molecular weight excluding hydrogens is 351 g/mol. The molecule has 0 saturated carbocycles. The maximum atomic E-state index is 13.5. The lowest BCUT2D eigenvalue weighted by molar-refractivity contribution is -0.157. The fourth-order valence-electron chi connectivity index (χ4n) is 2.97. The number of aromatic nitrogens is 2.